The van der Waals surface area contributed by atoms with E-state index in [4.69, 9.17) is 9.47 Å². The minimum atomic E-state index is 0. The zero-order chi connectivity index (χ0) is 20.8. The highest BCUT2D eigenvalue weighted by Gasteiger charge is 2.24. The number of benzene rings is 1. The number of aliphatic imine (C=N–C) groups is 1. The van der Waals surface area contributed by atoms with Gasteiger partial charge in [-0.1, -0.05) is 0 Å². The van der Waals surface area contributed by atoms with Crippen molar-refractivity contribution in [3.8, 4) is 11.5 Å². The Kier molecular flexibility index (Phi) is 9.00. The van der Waals surface area contributed by atoms with Gasteiger partial charge in [-0.2, -0.15) is 0 Å². The van der Waals surface area contributed by atoms with Crippen LogP contribution in [0.1, 0.15) is 25.0 Å². The number of aryl methyl sites for hydroxylation is 1. The van der Waals surface area contributed by atoms with Crippen LogP contribution in [0.2, 0.25) is 0 Å². The summed E-state index contributed by atoms with van der Waals surface area (Å²) < 4.78 is 12.8. The molecule has 2 aromatic rings. The van der Waals surface area contributed by atoms with Crippen molar-refractivity contribution >= 4 is 35.6 Å². The molecule has 0 spiro atoms. The maximum Gasteiger partial charge on any atom is 0.191 e. The van der Waals surface area contributed by atoms with Crippen molar-refractivity contribution in [2.24, 2.45) is 12.0 Å². The zero-order valence-corrected chi connectivity index (χ0v) is 20.6. The van der Waals surface area contributed by atoms with Gasteiger partial charge < -0.3 is 29.6 Å². The lowest BCUT2D eigenvalue weighted by atomic mass is 10.2. The standard InChI is InChI=1S/C20H31N7O2.HI/c1-6-21-20(22-12-19-25-24-14(2)26(19)3)23-15-7-8-27(13-15)16-9-17(28-4)11-18(10-16)29-5;/h9-11,15H,6-8,12-13H2,1-5H3,(H2,21,22,23);1H. The van der Waals surface area contributed by atoms with Crippen LogP contribution in [0, 0.1) is 6.92 Å². The molecule has 1 aliphatic rings. The number of rotatable bonds is 7. The van der Waals surface area contributed by atoms with Crippen LogP contribution in [0.4, 0.5) is 5.69 Å². The number of methoxy groups -OCH3 is 2. The number of guanidine groups is 1. The first kappa shape index (κ1) is 24.0. The van der Waals surface area contributed by atoms with E-state index in [2.05, 4.69) is 37.6 Å². The lowest BCUT2D eigenvalue weighted by Gasteiger charge is -2.21. The summed E-state index contributed by atoms with van der Waals surface area (Å²) in [5, 5.41) is 15.1. The minimum absolute atomic E-state index is 0. The van der Waals surface area contributed by atoms with Crippen LogP contribution in [-0.4, -0.2) is 60.6 Å². The fourth-order valence-corrected chi connectivity index (χ4v) is 3.34. The zero-order valence-electron chi connectivity index (χ0n) is 18.3. The van der Waals surface area contributed by atoms with E-state index in [-0.39, 0.29) is 24.0 Å². The van der Waals surface area contributed by atoms with Crippen molar-refractivity contribution in [1.29, 1.82) is 0 Å². The monoisotopic (exact) mass is 529 g/mol. The van der Waals surface area contributed by atoms with Crippen LogP contribution in [0.15, 0.2) is 23.2 Å². The van der Waals surface area contributed by atoms with E-state index in [1.54, 1.807) is 14.2 Å². The molecular formula is C20H32IN7O2. The van der Waals surface area contributed by atoms with Gasteiger partial charge >= 0.3 is 0 Å². The summed E-state index contributed by atoms with van der Waals surface area (Å²) in [6, 6.07) is 6.27. The van der Waals surface area contributed by atoms with Crippen LogP contribution in [0.5, 0.6) is 11.5 Å². The van der Waals surface area contributed by atoms with E-state index in [0.29, 0.717) is 12.6 Å². The summed E-state index contributed by atoms with van der Waals surface area (Å²) in [5.41, 5.74) is 1.10. The SMILES string of the molecule is CCNC(=NCc1nnc(C)n1C)NC1CCN(c2cc(OC)cc(OC)c2)C1.I. The highest BCUT2D eigenvalue weighted by atomic mass is 127. The Hall–Kier alpha value is -2.24. The van der Waals surface area contributed by atoms with Gasteiger partial charge in [-0.15, -0.1) is 34.2 Å². The molecule has 2 N–H and O–H groups in total. The Balaban J connectivity index is 0.00000320. The van der Waals surface area contributed by atoms with Crippen LogP contribution < -0.4 is 25.0 Å². The highest BCUT2D eigenvalue weighted by Crippen LogP contribution is 2.30. The smallest absolute Gasteiger partial charge is 0.191 e. The third kappa shape index (κ3) is 5.89. The molecule has 0 amide bonds. The number of nitrogens with one attached hydrogen (secondary N) is 2. The van der Waals surface area contributed by atoms with E-state index in [1.807, 2.05) is 36.7 Å². The molecule has 9 nitrogen and oxygen atoms in total. The van der Waals surface area contributed by atoms with Crippen molar-refractivity contribution in [1.82, 2.24) is 25.4 Å². The molecule has 0 radical (unpaired) electrons. The van der Waals surface area contributed by atoms with Crippen molar-refractivity contribution in [3.05, 3.63) is 29.8 Å². The molecule has 2 heterocycles. The van der Waals surface area contributed by atoms with E-state index in [0.717, 1.165) is 60.8 Å². The maximum absolute atomic E-state index is 5.40. The first-order valence-electron chi connectivity index (χ1n) is 9.91. The first-order chi connectivity index (χ1) is 14.0. The van der Waals surface area contributed by atoms with Crippen molar-refractivity contribution in [2.75, 3.05) is 38.8 Å². The molecule has 0 bridgehead atoms. The molecule has 30 heavy (non-hydrogen) atoms. The van der Waals surface area contributed by atoms with Gasteiger partial charge in [-0.3, -0.25) is 0 Å². The minimum Gasteiger partial charge on any atom is -0.497 e. The molecule has 1 aromatic carbocycles. The topological polar surface area (TPSA) is 88.8 Å². The van der Waals surface area contributed by atoms with Crippen LogP contribution in [-0.2, 0) is 13.6 Å². The number of halogens is 1. The normalized spacial score (nSPS) is 16.2. The molecule has 10 heteroatoms. The second-order valence-corrected chi connectivity index (χ2v) is 7.06. The molecule has 1 fully saturated rings. The maximum atomic E-state index is 5.40. The summed E-state index contributed by atoms with van der Waals surface area (Å²) >= 11 is 0. The molecule has 1 saturated heterocycles. The fourth-order valence-electron chi connectivity index (χ4n) is 3.34. The van der Waals surface area contributed by atoms with Crippen LogP contribution in [0.25, 0.3) is 0 Å². The summed E-state index contributed by atoms with van der Waals surface area (Å²) in [6.45, 7) is 7.11. The van der Waals surface area contributed by atoms with Crippen LogP contribution >= 0.6 is 24.0 Å². The second-order valence-electron chi connectivity index (χ2n) is 7.06. The predicted molar refractivity (Wildman–Crippen MR) is 129 cm³/mol. The average molecular weight is 529 g/mol. The molecule has 1 unspecified atom stereocenters. The van der Waals surface area contributed by atoms with Gasteiger partial charge in [0.25, 0.3) is 0 Å². The largest absolute Gasteiger partial charge is 0.497 e. The third-order valence-electron chi connectivity index (χ3n) is 5.14. The lowest BCUT2D eigenvalue weighted by Crippen LogP contribution is -2.44. The fraction of sp³-hybridized carbons (Fsp3) is 0.550. The molecule has 0 aliphatic carbocycles. The van der Waals surface area contributed by atoms with Gasteiger partial charge in [0, 0.05) is 56.6 Å². The van der Waals surface area contributed by atoms with Gasteiger partial charge in [0.05, 0.1) is 14.2 Å². The van der Waals surface area contributed by atoms with Gasteiger partial charge in [-0.25, -0.2) is 4.99 Å². The molecule has 3 rings (SSSR count). The summed E-state index contributed by atoms with van der Waals surface area (Å²) in [5.74, 6) is 4.11. The quantitative estimate of drug-likeness (QED) is 0.323. The van der Waals surface area contributed by atoms with Crippen molar-refractivity contribution in [3.63, 3.8) is 0 Å². The average Bonchev–Trinajstić information content (AvgIpc) is 3.33. The van der Waals surface area contributed by atoms with Crippen LogP contribution in [0.3, 0.4) is 0 Å². The molecular weight excluding hydrogens is 497 g/mol. The lowest BCUT2D eigenvalue weighted by molar-refractivity contribution is 0.394. The van der Waals surface area contributed by atoms with E-state index in [1.165, 1.54) is 0 Å². The number of hydrogen-bond acceptors (Lipinski definition) is 6. The van der Waals surface area contributed by atoms with Gasteiger partial charge in [0.2, 0.25) is 0 Å². The second kappa shape index (κ2) is 11.2. The first-order valence-corrected chi connectivity index (χ1v) is 9.91. The number of nitrogens with zero attached hydrogens (tertiary/aromatic N) is 5. The Bertz CT molecular complexity index is 833. The molecule has 1 aromatic heterocycles. The number of anilines is 1. The third-order valence-corrected chi connectivity index (χ3v) is 5.14. The predicted octanol–water partition coefficient (Wildman–Crippen LogP) is 2.09. The molecule has 1 atom stereocenters. The van der Waals surface area contributed by atoms with E-state index >= 15 is 0 Å². The number of ether oxygens (including phenoxy) is 2. The Labute approximate surface area is 195 Å². The van der Waals surface area contributed by atoms with Gasteiger partial charge in [0.1, 0.15) is 23.9 Å². The Morgan fingerprint density at radius 2 is 1.90 bits per heavy atom. The highest BCUT2D eigenvalue weighted by molar-refractivity contribution is 14.0. The number of hydrogen-bond donors (Lipinski definition) is 2. The van der Waals surface area contributed by atoms with Gasteiger partial charge in [-0.05, 0) is 20.3 Å². The summed E-state index contributed by atoms with van der Waals surface area (Å²) in [7, 11) is 5.30. The molecule has 1 aliphatic heterocycles. The summed E-state index contributed by atoms with van der Waals surface area (Å²) in [6.07, 6.45) is 1.02. The number of aromatic nitrogens is 3. The van der Waals surface area contributed by atoms with Gasteiger partial charge in [0.15, 0.2) is 11.8 Å². The van der Waals surface area contributed by atoms with E-state index in [9.17, 15) is 0 Å². The summed E-state index contributed by atoms with van der Waals surface area (Å²) in [4.78, 5) is 7.02. The van der Waals surface area contributed by atoms with Crippen molar-refractivity contribution < 1.29 is 9.47 Å². The Morgan fingerprint density at radius 1 is 1.20 bits per heavy atom. The van der Waals surface area contributed by atoms with Crippen molar-refractivity contribution in [2.45, 2.75) is 32.9 Å². The van der Waals surface area contributed by atoms with E-state index < -0.39 is 0 Å². The Morgan fingerprint density at radius 3 is 2.47 bits per heavy atom. The molecule has 0 saturated carbocycles. The molecule has 166 valence electrons.